The molecule has 0 radical (unpaired) electrons. The number of hydrogen-bond acceptors (Lipinski definition) is 5. The van der Waals surface area contributed by atoms with Gasteiger partial charge in [0, 0.05) is 23.3 Å². The monoisotopic (exact) mass is 288 g/mol. The third kappa shape index (κ3) is 1.85. The number of carbonyl (C=O) groups excluding carboxylic acids is 1. The molecule has 21 heavy (non-hydrogen) atoms. The van der Waals surface area contributed by atoms with Crippen molar-refractivity contribution in [1.82, 2.24) is 0 Å². The van der Waals surface area contributed by atoms with Crippen LogP contribution < -0.4 is 9.47 Å². The molecular weight excluding hydrogens is 272 g/mol. The molecule has 0 fully saturated rings. The fourth-order valence-corrected chi connectivity index (χ4v) is 2.79. The second-order valence-electron chi connectivity index (χ2n) is 5.24. The highest BCUT2D eigenvalue weighted by Crippen LogP contribution is 2.43. The third-order valence-electron chi connectivity index (χ3n) is 3.83. The van der Waals surface area contributed by atoms with Crippen LogP contribution >= 0.6 is 0 Å². The molecule has 0 bridgehead atoms. The number of benzene rings is 2. The highest BCUT2D eigenvalue weighted by Gasteiger charge is 2.42. The molecule has 0 saturated carbocycles. The maximum Gasteiger partial charge on any atom is 0.342 e. The van der Waals surface area contributed by atoms with Gasteiger partial charge in [-0.05, 0) is 30.7 Å². The van der Waals surface area contributed by atoms with Crippen LogP contribution in [0, 0.1) is 6.92 Å². The van der Waals surface area contributed by atoms with Gasteiger partial charge in [0.25, 0.3) is 0 Å². The van der Waals surface area contributed by atoms with Gasteiger partial charge in [0.05, 0.1) is 19.8 Å². The molecule has 5 heteroatoms. The normalized spacial score (nSPS) is 20.3. The lowest BCUT2D eigenvalue weighted by molar-refractivity contribution is -0.147. The Bertz CT molecular complexity index is 761. The van der Waals surface area contributed by atoms with E-state index in [2.05, 4.69) is 0 Å². The summed E-state index contributed by atoms with van der Waals surface area (Å²) >= 11 is 0. The van der Waals surface area contributed by atoms with E-state index in [1.54, 1.807) is 26.4 Å². The van der Waals surface area contributed by atoms with Crippen molar-refractivity contribution >= 4 is 16.7 Å². The zero-order valence-corrected chi connectivity index (χ0v) is 12.3. The minimum absolute atomic E-state index is 0.356. The molecule has 1 heterocycles. The van der Waals surface area contributed by atoms with E-state index in [0.717, 1.165) is 10.9 Å². The van der Waals surface area contributed by atoms with Gasteiger partial charge in [-0.2, -0.15) is 0 Å². The minimum atomic E-state index is -1.65. The van der Waals surface area contributed by atoms with E-state index < -0.39 is 11.8 Å². The molecule has 2 aromatic rings. The maximum atomic E-state index is 12.1. The smallest absolute Gasteiger partial charge is 0.342 e. The highest BCUT2D eigenvalue weighted by atomic mass is 16.7. The van der Waals surface area contributed by atoms with Crippen molar-refractivity contribution in [3.05, 3.63) is 34.9 Å². The van der Waals surface area contributed by atoms with Gasteiger partial charge in [0.15, 0.2) is 0 Å². The lowest BCUT2D eigenvalue weighted by Gasteiger charge is -2.17. The second-order valence-corrected chi connectivity index (χ2v) is 5.24. The number of ether oxygens (including phenoxy) is 3. The van der Waals surface area contributed by atoms with Gasteiger partial charge in [0.1, 0.15) is 11.5 Å². The Morgan fingerprint density at radius 1 is 1.10 bits per heavy atom. The first-order valence-electron chi connectivity index (χ1n) is 6.54. The zero-order valence-electron chi connectivity index (χ0n) is 12.3. The average molecular weight is 288 g/mol. The number of rotatable bonds is 2. The van der Waals surface area contributed by atoms with E-state index >= 15 is 0 Å². The fourth-order valence-electron chi connectivity index (χ4n) is 2.79. The van der Waals surface area contributed by atoms with Crippen LogP contribution in [0.25, 0.3) is 10.8 Å². The Balaban J connectivity index is 2.47. The summed E-state index contributed by atoms with van der Waals surface area (Å²) in [4.78, 5) is 12.1. The van der Waals surface area contributed by atoms with Crippen LogP contribution in [0.15, 0.2) is 18.2 Å². The Morgan fingerprint density at radius 2 is 1.76 bits per heavy atom. The molecule has 1 aliphatic heterocycles. The van der Waals surface area contributed by atoms with Crippen molar-refractivity contribution in [2.24, 2.45) is 0 Å². The van der Waals surface area contributed by atoms with Crippen LogP contribution in [0.1, 0.15) is 28.4 Å². The molecule has 3 rings (SSSR count). The van der Waals surface area contributed by atoms with Crippen LogP contribution in [-0.4, -0.2) is 25.3 Å². The number of esters is 1. The van der Waals surface area contributed by atoms with Gasteiger partial charge in [-0.1, -0.05) is 0 Å². The molecule has 5 nitrogen and oxygen atoms in total. The summed E-state index contributed by atoms with van der Waals surface area (Å²) in [5, 5.41) is 11.7. The van der Waals surface area contributed by atoms with Crippen molar-refractivity contribution in [2.45, 2.75) is 19.6 Å². The predicted octanol–water partition coefficient (Wildman–Crippen LogP) is 2.50. The molecule has 1 atom stereocenters. The van der Waals surface area contributed by atoms with Crippen LogP contribution in [0.5, 0.6) is 11.5 Å². The van der Waals surface area contributed by atoms with E-state index in [9.17, 15) is 9.90 Å². The first-order valence-corrected chi connectivity index (χ1v) is 6.54. The number of cyclic esters (lactones) is 1. The molecule has 1 unspecified atom stereocenters. The van der Waals surface area contributed by atoms with Crippen molar-refractivity contribution in [3.8, 4) is 11.5 Å². The maximum absolute atomic E-state index is 12.1. The third-order valence-corrected chi connectivity index (χ3v) is 3.83. The van der Waals surface area contributed by atoms with Crippen LogP contribution in [0.2, 0.25) is 0 Å². The summed E-state index contributed by atoms with van der Waals surface area (Å²) in [7, 11) is 3.12. The van der Waals surface area contributed by atoms with Gasteiger partial charge in [-0.3, -0.25) is 0 Å². The van der Waals surface area contributed by atoms with Gasteiger partial charge in [-0.15, -0.1) is 0 Å². The first kappa shape index (κ1) is 13.7. The van der Waals surface area contributed by atoms with Gasteiger partial charge >= 0.3 is 5.97 Å². The van der Waals surface area contributed by atoms with E-state index in [-0.39, 0.29) is 0 Å². The van der Waals surface area contributed by atoms with E-state index in [0.29, 0.717) is 28.0 Å². The summed E-state index contributed by atoms with van der Waals surface area (Å²) in [6.45, 7) is 3.35. The number of aryl methyl sites for hydroxylation is 1. The number of fused-ring (bicyclic) bond motifs is 3. The predicted molar refractivity (Wildman–Crippen MR) is 76.8 cm³/mol. The molecule has 0 aliphatic carbocycles. The van der Waals surface area contributed by atoms with Gasteiger partial charge in [-0.25, -0.2) is 4.79 Å². The standard InChI is InChI=1S/C16H16O5/c1-8-5-9-10(6-12(8)19-3)14-11(7-13(9)20-4)16(2,18)21-15(14)17/h5-7,18H,1-4H3. The minimum Gasteiger partial charge on any atom is -0.496 e. The Morgan fingerprint density at radius 3 is 2.38 bits per heavy atom. The van der Waals surface area contributed by atoms with Crippen molar-refractivity contribution in [2.75, 3.05) is 14.2 Å². The number of hydrogen-bond donors (Lipinski definition) is 1. The quantitative estimate of drug-likeness (QED) is 0.860. The van der Waals surface area contributed by atoms with Gasteiger partial charge in [0.2, 0.25) is 5.79 Å². The molecule has 2 aromatic carbocycles. The molecule has 0 aromatic heterocycles. The van der Waals surface area contributed by atoms with E-state index in [1.807, 2.05) is 13.0 Å². The Hall–Kier alpha value is -2.27. The molecule has 1 N–H and O–H groups in total. The molecule has 0 amide bonds. The van der Waals surface area contributed by atoms with Crippen molar-refractivity contribution in [3.63, 3.8) is 0 Å². The zero-order chi connectivity index (χ0) is 15.4. The Labute approximate surface area is 122 Å². The summed E-state index contributed by atoms with van der Waals surface area (Å²) < 4.78 is 15.8. The second kappa shape index (κ2) is 4.36. The summed E-state index contributed by atoms with van der Waals surface area (Å²) in [6, 6.07) is 5.32. The van der Waals surface area contributed by atoms with E-state index in [1.165, 1.54) is 6.92 Å². The van der Waals surface area contributed by atoms with Crippen LogP contribution in [0.3, 0.4) is 0 Å². The lowest BCUT2D eigenvalue weighted by atomic mass is 9.94. The molecule has 110 valence electrons. The summed E-state index contributed by atoms with van der Waals surface area (Å²) in [5.74, 6) is -0.953. The van der Waals surface area contributed by atoms with Crippen molar-refractivity contribution < 1.29 is 24.1 Å². The number of carbonyl (C=O) groups is 1. The molecule has 0 spiro atoms. The van der Waals surface area contributed by atoms with Crippen molar-refractivity contribution in [1.29, 1.82) is 0 Å². The van der Waals surface area contributed by atoms with E-state index in [4.69, 9.17) is 14.2 Å². The Kier molecular flexibility index (Phi) is 2.85. The highest BCUT2D eigenvalue weighted by molar-refractivity contribution is 6.10. The SMILES string of the molecule is COc1cc2c3c(cc(OC)c2cc1C)C(C)(O)OC3=O. The number of methoxy groups -OCH3 is 2. The van der Waals surface area contributed by atoms with Gasteiger partial charge < -0.3 is 19.3 Å². The summed E-state index contributed by atoms with van der Waals surface area (Å²) in [6.07, 6.45) is 0. The largest absolute Gasteiger partial charge is 0.496 e. The first-order chi connectivity index (χ1) is 9.89. The van der Waals surface area contributed by atoms with Crippen LogP contribution in [-0.2, 0) is 10.5 Å². The summed E-state index contributed by atoms with van der Waals surface area (Å²) in [5.41, 5.74) is 1.69. The molecular formula is C16H16O5. The molecule has 1 aliphatic rings. The lowest BCUT2D eigenvalue weighted by Crippen LogP contribution is -2.20. The topological polar surface area (TPSA) is 65.0 Å². The average Bonchev–Trinajstić information content (AvgIpc) is 2.66. The van der Waals surface area contributed by atoms with Crippen LogP contribution in [0.4, 0.5) is 0 Å². The molecule has 0 saturated heterocycles. The number of aliphatic hydroxyl groups is 1. The fraction of sp³-hybridized carbons (Fsp3) is 0.312.